The summed E-state index contributed by atoms with van der Waals surface area (Å²) in [6.45, 7) is 6.45. The summed E-state index contributed by atoms with van der Waals surface area (Å²) in [5.74, 6) is -2.69. The van der Waals surface area contributed by atoms with E-state index in [0.717, 1.165) is 0 Å². The molecular formula is C16H27F2NO3. The lowest BCUT2D eigenvalue weighted by Crippen LogP contribution is -2.38. The maximum atomic E-state index is 13.2. The fraction of sp³-hybridized carbons (Fsp3) is 0.938. The molecule has 1 N–H and O–H groups in total. The van der Waals surface area contributed by atoms with Gasteiger partial charge < -0.3 is 14.7 Å². The maximum Gasteiger partial charge on any atom is 0.410 e. The first-order valence-corrected chi connectivity index (χ1v) is 8.11. The molecule has 2 rings (SSSR count). The lowest BCUT2D eigenvalue weighted by atomic mass is 9.79. The summed E-state index contributed by atoms with van der Waals surface area (Å²) >= 11 is 0. The monoisotopic (exact) mass is 319 g/mol. The molecule has 1 amide bonds. The van der Waals surface area contributed by atoms with Crippen LogP contribution in [0.4, 0.5) is 13.6 Å². The van der Waals surface area contributed by atoms with Crippen LogP contribution in [-0.4, -0.2) is 46.8 Å². The lowest BCUT2D eigenvalue weighted by Gasteiger charge is -2.33. The number of carbonyl (C=O) groups excluding carboxylic acids is 1. The van der Waals surface area contributed by atoms with Gasteiger partial charge in [0.2, 0.25) is 5.92 Å². The van der Waals surface area contributed by atoms with Crippen molar-refractivity contribution in [2.45, 2.75) is 70.5 Å². The predicted molar refractivity (Wildman–Crippen MR) is 78.8 cm³/mol. The summed E-state index contributed by atoms with van der Waals surface area (Å²) in [5, 5.41) is 10.5. The van der Waals surface area contributed by atoms with Crippen LogP contribution >= 0.6 is 0 Å². The average molecular weight is 319 g/mol. The van der Waals surface area contributed by atoms with E-state index in [1.807, 2.05) is 20.8 Å². The van der Waals surface area contributed by atoms with Crippen LogP contribution in [0.5, 0.6) is 0 Å². The van der Waals surface area contributed by atoms with Gasteiger partial charge >= 0.3 is 6.09 Å². The Morgan fingerprint density at radius 2 is 1.82 bits per heavy atom. The molecule has 1 aliphatic carbocycles. The van der Waals surface area contributed by atoms with Crippen LogP contribution in [-0.2, 0) is 4.74 Å². The molecule has 2 aliphatic rings. The Labute approximate surface area is 130 Å². The Bertz CT molecular complexity index is 399. The van der Waals surface area contributed by atoms with Crippen molar-refractivity contribution in [1.29, 1.82) is 0 Å². The van der Waals surface area contributed by atoms with Crippen LogP contribution in [0.3, 0.4) is 0 Å². The minimum absolute atomic E-state index is 0.0377. The maximum absolute atomic E-state index is 13.2. The molecule has 128 valence electrons. The fourth-order valence-electron chi connectivity index (χ4n) is 3.35. The minimum atomic E-state index is -2.57. The van der Waals surface area contributed by atoms with Gasteiger partial charge in [-0.15, -0.1) is 0 Å². The number of ether oxygens (including phenoxy) is 1. The number of nitrogens with zero attached hydrogens (tertiary/aromatic N) is 1. The molecule has 0 bridgehead atoms. The van der Waals surface area contributed by atoms with Crippen molar-refractivity contribution in [3.05, 3.63) is 0 Å². The first-order valence-electron chi connectivity index (χ1n) is 8.11. The molecule has 0 radical (unpaired) electrons. The van der Waals surface area contributed by atoms with Crippen molar-refractivity contribution < 1.29 is 23.4 Å². The van der Waals surface area contributed by atoms with Gasteiger partial charge in [0.15, 0.2) is 0 Å². The smallest absolute Gasteiger partial charge is 0.410 e. The van der Waals surface area contributed by atoms with E-state index in [2.05, 4.69) is 0 Å². The second-order valence-corrected chi connectivity index (χ2v) is 7.66. The van der Waals surface area contributed by atoms with E-state index in [9.17, 15) is 18.7 Å². The molecular weight excluding hydrogens is 292 g/mol. The van der Waals surface area contributed by atoms with Crippen LogP contribution in [0.1, 0.15) is 52.9 Å². The SMILES string of the molecule is CC(C)(C)OC(=O)N1CCC([C@@H](O)C2CCC(F)(F)CC2)C1. The molecule has 0 aromatic carbocycles. The summed E-state index contributed by atoms with van der Waals surface area (Å²) in [7, 11) is 0. The van der Waals surface area contributed by atoms with Crippen molar-refractivity contribution in [3.63, 3.8) is 0 Å². The normalized spacial score (nSPS) is 27.7. The number of hydrogen-bond acceptors (Lipinski definition) is 3. The van der Waals surface area contributed by atoms with Crippen molar-refractivity contribution in [1.82, 2.24) is 4.90 Å². The zero-order valence-corrected chi connectivity index (χ0v) is 13.6. The van der Waals surface area contributed by atoms with Gasteiger partial charge in [0.1, 0.15) is 5.60 Å². The molecule has 1 aliphatic heterocycles. The van der Waals surface area contributed by atoms with Gasteiger partial charge in [-0.25, -0.2) is 13.6 Å². The highest BCUT2D eigenvalue weighted by molar-refractivity contribution is 5.68. The molecule has 2 fully saturated rings. The summed E-state index contributed by atoms with van der Waals surface area (Å²) < 4.78 is 31.7. The van der Waals surface area contributed by atoms with Crippen LogP contribution in [0, 0.1) is 11.8 Å². The number of alkyl halides is 2. The highest BCUT2D eigenvalue weighted by atomic mass is 19.3. The summed E-state index contributed by atoms with van der Waals surface area (Å²) in [4.78, 5) is 13.6. The fourth-order valence-corrected chi connectivity index (χ4v) is 3.35. The number of aliphatic hydroxyl groups excluding tert-OH is 1. The van der Waals surface area contributed by atoms with E-state index in [0.29, 0.717) is 32.4 Å². The molecule has 6 heteroatoms. The van der Waals surface area contributed by atoms with E-state index in [1.165, 1.54) is 0 Å². The standard InChI is InChI=1S/C16H27F2NO3/c1-15(2,3)22-14(21)19-9-6-12(10-19)13(20)11-4-7-16(17,18)8-5-11/h11-13,20H,4-10H2,1-3H3/t12?,13-/m0/s1. The van der Waals surface area contributed by atoms with E-state index >= 15 is 0 Å². The summed E-state index contributed by atoms with van der Waals surface area (Å²) in [6, 6.07) is 0. The largest absolute Gasteiger partial charge is 0.444 e. The number of likely N-dealkylation sites (tertiary alicyclic amines) is 1. The molecule has 1 unspecified atom stereocenters. The molecule has 0 aromatic rings. The van der Waals surface area contributed by atoms with Crippen molar-refractivity contribution >= 4 is 6.09 Å². The Balaban J connectivity index is 1.84. The number of halogens is 2. The predicted octanol–water partition coefficient (Wildman–Crippen LogP) is 3.43. The topological polar surface area (TPSA) is 49.8 Å². The van der Waals surface area contributed by atoms with E-state index < -0.39 is 17.6 Å². The van der Waals surface area contributed by atoms with Crippen LogP contribution in [0.15, 0.2) is 0 Å². The zero-order chi connectivity index (χ0) is 16.5. The van der Waals surface area contributed by atoms with Crippen LogP contribution in [0.2, 0.25) is 0 Å². The Hall–Kier alpha value is -0.910. The van der Waals surface area contributed by atoms with E-state index in [1.54, 1.807) is 4.90 Å². The van der Waals surface area contributed by atoms with Gasteiger partial charge in [-0.3, -0.25) is 0 Å². The lowest BCUT2D eigenvalue weighted by molar-refractivity contribution is -0.0695. The molecule has 1 heterocycles. The van der Waals surface area contributed by atoms with Gasteiger partial charge in [-0.2, -0.15) is 0 Å². The van der Waals surface area contributed by atoms with E-state index in [-0.39, 0.29) is 30.8 Å². The first-order chi connectivity index (χ1) is 10.1. The Morgan fingerprint density at radius 3 is 2.36 bits per heavy atom. The molecule has 22 heavy (non-hydrogen) atoms. The Morgan fingerprint density at radius 1 is 1.23 bits per heavy atom. The van der Waals surface area contributed by atoms with Crippen molar-refractivity contribution in [2.24, 2.45) is 11.8 Å². The second kappa shape index (κ2) is 6.30. The van der Waals surface area contributed by atoms with Gasteiger partial charge in [-0.05, 0) is 46.0 Å². The third kappa shape index (κ3) is 4.54. The molecule has 4 nitrogen and oxygen atoms in total. The molecule has 2 atom stereocenters. The minimum Gasteiger partial charge on any atom is -0.444 e. The van der Waals surface area contributed by atoms with Crippen molar-refractivity contribution in [2.75, 3.05) is 13.1 Å². The number of hydrogen-bond donors (Lipinski definition) is 1. The van der Waals surface area contributed by atoms with Crippen LogP contribution in [0.25, 0.3) is 0 Å². The highest BCUT2D eigenvalue weighted by Gasteiger charge is 2.41. The molecule has 0 spiro atoms. The Kier molecular flexibility index (Phi) is 5.00. The van der Waals surface area contributed by atoms with Gasteiger partial charge in [0.25, 0.3) is 0 Å². The van der Waals surface area contributed by atoms with Gasteiger partial charge in [-0.1, -0.05) is 0 Å². The highest BCUT2D eigenvalue weighted by Crippen LogP contribution is 2.40. The van der Waals surface area contributed by atoms with Gasteiger partial charge in [0.05, 0.1) is 6.10 Å². The number of rotatable bonds is 2. The molecule has 0 aromatic heterocycles. The number of carbonyl (C=O) groups is 1. The second-order valence-electron chi connectivity index (χ2n) is 7.66. The summed E-state index contributed by atoms with van der Waals surface area (Å²) in [6.07, 6.45) is 0.164. The zero-order valence-electron chi connectivity index (χ0n) is 13.6. The van der Waals surface area contributed by atoms with Crippen molar-refractivity contribution in [3.8, 4) is 0 Å². The molecule has 1 saturated heterocycles. The van der Waals surface area contributed by atoms with Gasteiger partial charge in [0, 0.05) is 31.8 Å². The summed E-state index contributed by atoms with van der Waals surface area (Å²) in [5.41, 5.74) is -0.539. The number of aliphatic hydroxyl groups is 1. The van der Waals surface area contributed by atoms with Crippen LogP contribution < -0.4 is 0 Å². The van der Waals surface area contributed by atoms with E-state index in [4.69, 9.17) is 4.74 Å². The quantitative estimate of drug-likeness (QED) is 0.848. The third-order valence-electron chi connectivity index (χ3n) is 4.60. The number of amides is 1. The third-order valence-corrected chi connectivity index (χ3v) is 4.60. The average Bonchev–Trinajstić information content (AvgIpc) is 2.85. The first kappa shape index (κ1) is 17.4. The molecule has 1 saturated carbocycles.